The summed E-state index contributed by atoms with van der Waals surface area (Å²) in [7, 11) is 0. The number of benzene rings is 1. The molecule has 1 heterocycles. The number of non-ortho nitro benzene ring substituents is 1. The van der Waals surface area contributed by atoms with Crippen molar-refractivity contribution in [3.63, 3.8) is 0 Å². The summed E-state index contributed by atoms with van der Waals surface area (Å²) in [6, 6.07) is 8.80. The minimum Gasteiger partial charge on any atom is -0.258 e. The van der Waals surface area contributed by atoms with E-state index in [1.54, 1.807) is 35.6 Å². The number of rotatable bonds is 2. The monoisotopic (exact) mass is 233 g/mol. The third kappa shape index (κ3) is 1.97. The quantitative estimate of drug-likeness (QED) is 0.582. The highest BCUT2D eigenvalue weighted by molar-refractivity contribution is 7.12. The van der Waals surface area contributed by atoms with Gasteiger partial charge in [0.25, 0.3) is 5.69 Å². The number of nitro benzene ring substituents is 1. The topological polar surface area (TPSA) is 43.1 Å². The first-order valence-electron chi connectivity index (χ1n) is 4.90. The lowest BCUT2D eigenvalue weighted by molar-refractivity contribution is -0.384. The molecule has 0 saturated carbocycles. The molecule has 2 rings (SSSR count). The molecule has 0 spiro atoms. The largest absolute Gasteiger partial charge is 0.269 e. The van der Waals surface area contributed by atoms with Crippen LogP contribution in [0.5, 0.6) is 0 Å². The van der Waals surface area contributed by atoms with Gasteiger partial charge in [-0.25, -0.2) is 0 Å². The van der Waals surface area contributed by atoms with E-state index in [-0.39, 0.29) is 10.6 Å². The summed E-state index contributed by atoms with van der Waals surface area (Å²) in [5, 5.41) is 10.5. The molecule has 0 saturated heterocycles. The molecule has 4 heteroatoms. The number of nitrogens with zero attached hydrogens (tertiary/aromatic N) is 1. The first kappa shape index (κ1) is 10.8. The Kier molecular flexibility index (Phi) is 2.75. The first-order valence-corrected chi connectivity index (χ1v) is 5.71. The van der Waals surface area contributed by atoms with Crippen molar-refractivity contribution < 1.29 is 4.92 Å². The molecule has 0 radical (unpaired) electrons. The van der Waals surface area contributed by atoms with E-state index in [4.69, 9.17) is 0 Å². The van der Waals surface area contributed by atoms with Crippen LogP contribution in [0.2, 0.25) is 0 Å². The van der Waals surface area contributed by atoms with Gasteiger partial charge in [0.2, 0.25) is 0 Å². The summed E-state index contributed by atoms with van der Waals surface area (Å²) in [5.41, 5.74) is 2.33. The Morgan fingerprint density at radius 3 is 2.25 bits per heavy atom. The van der Waals surface area contributed by atoms with Crippen molar-refractivity contribution in [2.45, 2.75) is 13.8 Å². The number of thiophene rings is 1. The van der Waals surface area contributed by atoms with Crippen molar-refractivity contribution in [2.24, 2.45) is 0 Å². The Hall–Kier alpha value is -1.68. The number of hydrogen-bond acceptors (Lipinski definition) is 3. The van der Waals surface area contributed by atoms with Crippen LogP contribution < -0.4 is 0 Å². The molecule has 0 fully saturated rings. The van der Waals surface area contributed by atoms with Gasteiger partial charge in [-0.3, -0.25) is 10.1 Å². The van der Waals surface area contributed by atoms with Crippen molar-refractivity contribution in [3.8, 4) is 11.1 Å². The van der Waals surface area contributed by atoms with E-state index in [0.29, 0.717) is 0 Å². The lowest BCUT2D eigenvalue weighted by atomic mass is 10.1. The SMILES string of the molecule is Cc1cc(-c2ccc([N+](=O)[O-])cc2)c(C)s1. The zero-order chi connectivity index (χ0) is 11.7. The molecule has 0 unspecified atom stereocenters. The summed E-state index contributed by atoms with van der Waals surface area (Å²) in [5.74, 6) is 0. The van der Waals surface area contributed by atoms with Crippen LogP contribution in [-0.4, -0.2) is 4.92 Å². The zero-order valence-corrected chi connectivity index (χ0v) is 9.88. The van der Waals surface area contributed by atoms with Crippen molar-refractivity contribution >= 4 is 17.0 Å². The third-order valence-corrected chi connectivity index (χ3v) is 3.40. The fraction of sp³-hybridized carbons (Fsp3) is 0.167. The average molecular weight is 233 g/mol. The summed E-state index contributed by atoms with van der Waals surface area (Å²) in [4.78, 5) is 12.6. The molecule has 0 atom stereocenters. The van der Waals surface area contributed by atoms with Crippen LogP contribution in [0.4, 0.5) is 5.69 Å². The molecular formula is C12H11NO2S. The normalized spacial score (nSPS) is 10.4. The van der Waals surface area contributed by atoms with Gasteiger partial charge < -0.3 is 0 Å². The van der Waals surface area contributed by atoms with E-state index in [1.807, 2.05) is 0 Å². The molecule has 0 N–H and O–H groups in total. The molecule has 0 amide bonds. The van der Waals surface area contributed by atoms with Gasteiger partial charge in [-0.15, -0.1) is 11.3 Å². The number of aryl methyl sites for hydroxylation is 2. The van der Waals surface area contributed by atoms with Crippen molar-refractivity contribution in [1.82, 2.24) is 0 Å². The second kappa shape index (κ2) is 4.06. The Labute approximate surface area is 97.5 Å². The fourth-order valence-electron chi connectivity index (χ4n) is 1.68. The van der Waals surface area contributed by atoms with Crippen molar-refractivity contribution in [3.05, 3.63) is 50.2 Å². The average Bonchev–Trinajstić information content (AvgIpc) is 2.58. The Morgan fingerprint density at radius 2 is 1.81 bits per heavy atom. The van der Waals surface area contributed by atoms with Crippen LogP contribution in [0.3, 0.4) is 0 Å². The third-order valence-electron chi connectivity index (χ3n) is 2.43. The number of nitro groups is 1. The van der Waals surface area contributed by atoms with E-state index >= 15 is 0 Å². The predicted molar refractivity (Wildman–Crippen MR) is 65.9 cm³/mol. The summed E-state index contributed by atoms with van der Waals surface area (Å²) >= 11 is 1.74. The van der Waals surface area contributed by atoms with E-state index < -0.39 is 0 Å². The molecule has 3 nitrogen and oxygen atoms in total. The first-order chi connectivity index (χ1) is 7.58. The molecule has 0 aliphatic heterocycles. The highest BCUT2D eigenvalue weighted by Gasteiger charge is 2.08. The van der Waals surface area contributed by atoms with Gasteiger partial charge in [0, 0.05) is 21.9 Å². The second-order valence-electron chi connectivity index (χ2n) is 3.63. The van der Waals surface area contributed by atoms with Crippen LogP contribution >= 0.6 is 11.3 Å². The molecular weight excluding hydrogens is 222 g/mol. The fourth-order valence-corrected chi connectivity index (χ4v) is 2.63. The molecule has 2 aromatic rings. The van der Waals surface area contributed by atoms with Gasteiger partial charge in [0.05, 0.1) is 4.92 Å². The lowest BCUT2D eigenvalue weighted by Gasteiger charge is -1.99. The van der Waals surface area contributed by atoms with E-state index in [9.17, 15) is 10.1 Å². The van der Waals surface area contributed by atoms with Crippen LogP contribution in [0.15, 0.2) is 30.3 Å². The Bertz CT molecular complexity index is 528. The Morgan fingerprint density at radius 1 is 1.19 bits per heavy atom. The maximum atomic E-state index is 10.5. The molecule has 1 aromatic carbocycles. The molecule has 0 bridgehead atoms. The summed E-state index contributed by atoms with van der Waals surface area (Å²) in [6.07, 6.45) is 0. The maximum Gasteiger partial charge on any atom is 0.269 e. The van der Waals surface area contributed by atoms with E-state index in [2.05, 4.69) is 19.9 Å². The van der Waals surface area contributed by atoms with Gasteiger partial charge in [-0.05, 0) is 43.2 Å². The standard InChI is InChI=1S/C12H11NO2S/c1-8-7-12(9(2)16-8)10-3-5-11(6-4-10)13(14)15/h3-7H,1-2H3. The highest BCUT2D eigenvalue weighted by atomic mass is 32.1. The predicted octanol–water partition coefficient (Wildman–Crippen LogP) is 3.94. The van der Waals surface area contributed by atoms with Crippen LogP contribution in [0.25, 0.3) is 11.1 Å². The smallest absolute Gasteiger partial charge is 0.258 e. The molecule has 0 aliphatic rings. The zero-order valence-electron chi connectivity index (χ0n) is 9.06. The van der Waals surface area contributed by atoms with Gasteiger partial charge in [0.15, 0.2) is 0 Å². The summed E-state index contributed by atoms with van der Waals surface area (Å²) in [6.45, 7) is 4.13. The van der Waals surface area contributed by atoms with Gasteiger partial charge >= 0.3 is 0 Å². The minimum absolute atomic E-state index is 0.133. The minimum atomic E-state index is -0.379. The van der Waals surface area contributed by atoms with Gasteiger partial charge in [0.1, 0.15) is 0 Å². The molecule has 1 aromatic heterocycles. The van der Waals surface area contributed by atoms with Gasteiger partial charge in [-0.2, -0.15) is 0 Å². The van der Waals surface area contributed by atoms with Crippen LogP contribution in [0, 0.1) is 24.0 Å². The lowest BCUT2D eigenvalue weighted by Crippen LogP contribution is -1.87. The van der Waals surface area contributed by atoms with E-state index in [1.165, 1.54) is 9.75 Å². The molecule has 16 heavy (non-hydrogen) atoms. The van der Waals surface area contributed by atoms with E-state index in [0.717, 1.165) is 11.1 Å². The molecule has 82 valence electrons. The van der Waals surface area contributed by atoms with Gasteiger partial charge in [-0.1, -0.05) is 0 Å². The maximum absolute atomic E-state index is 10.5. The number of hydrogen-bond donors (Lipinski definition) is 0. The second-order valence-corrected chi connectivity index (χ2v) is 5.09. The van der Waals surface area contributed by atoms with Crippen LogP contribution in [-0.2, 0) is 0 Å². The van der Waals surface area contributed by atoms with Crippen molar-refractivity contribution in [2.75, 3.05) is 0 Å². The highest BCUT2D eigenvalue weighted by Crippen LogP contribution is 2.31. The Balaban J connectivity index is 2.42. The van der Waals surface area contributed by atoms with Crippen molar-refractivity contribution in [1.29, 1.82) is 0 Å². The molecule has 0 aliphatic carbocycles. The summed E-state index contributed by atoms with van der Waals surface area (Å²) < 4.78 is 0. The van der Waals surface area contributed by atoms with Crippen LogP contribution in [0.1, 0.15) is 9.75 Å².